The van der Waals surface area contributed by atoms with Crippen molar-refractivity contribution in [2.75, 3.05) is 11.9 Å². The lowest BCUT2D eigenvalue weighted by Crippen LogP contribution is -2.11. The third-order valence-electron chi connectivity index (χ3n) is 2.09. The van der Waals surface area contributed by atoms with Crippen LogP contribution in [0.3, 0.4) is 0 Å². The van der Waals surface area contributed by atoms with E-state index in [-0.39, 0.29) is 5.82 Å². The molecular formula is C10H9F3N4O. The zero-order valence-electron chi connectivity index (χ0n) is 9.11. The summed E-state index contributed by atoms with van der Waals surface area (Å²) in [6, 6.07) is 3.68. The number of hydrogen-bond acceptors (Lipinski definition) is 5. The van der Waals surface area contributed by atoms with Gasteiger partial charge in [-0.1, -0.05) is 11.2 Å². The van der Waals surface area contributed by atoms with Crippen LogP contribution in [-0.4, -0.2) is 21.7 Å². The zero-order valence-corrected chi connectivity index (χ0v) is 9.11. The average Bonchev–Trinajstić information content (AvgIpc) is 2.81. The first-order valence-electron chi connectivity index (χ1n) is 5.09. The van der Waals surface area contributed by atoms with Crippen LogP contribution >= 0.6 is 0 Å². The predicted octanol–water partition coefficient (Wildman–Crippen LogP) is 2.14. The lowest BCUT2D eigenvalue weighted by molar-refractivity contribution is -0.141. The molecule has 0 aliphatic rings. The molecule has 5 nitrogen and oxygen atoms in total. The summed E-state index contributed by atoms with van der Waals surface area (Å²) in [5.74, 6) is 0.568. The van der Waals surface area contributed by atoms with Crippen molar-refractivity contribution in [2.24, 2.45) is 0 Å². The fourth-order valence-electron chi connectivity index (χ4n) is 1.29. The lowest BCUT2D eigenvalue weighted by atomic mass is 10.3. The van der Waals surface area contributed by atoms with Crippen molar-refractivity contribution in [2.45, 2.75) is 12.6 Å². The van der Waals surface area contributed by atoms with E-state index in [4.69, 9.17) is 4.52 Å². The van der Waals surface area contributed by atoms with E-state index in [1.165, 1.54) is 18.5 Å². The maximum atomic E-state index is 12.4. The first-order chi connectivity index (χ1) is 8.55. The summed E-state index contributed by atoms with van der Waals surface area (Å²) in [7, 11) is 0. The smallest absolute Gasteiger partial charge is 0.370 e. The van der Waals surface area contributed by atoms with Gasteiger partial charge < -0.3 is 9.84 Å². The molecule has 2 aromatic rings. The second-order valence-corrected chi connectivity index (χ2v) is 3.42. The molecule has 0 aromatic carbocycles. The van der Waals surface area contributed by atoms with E-state index in [9.17, 15) is 13.2 Å². The third kappa shape index (κ3) is 3.19. The molecular weight excluding hydrogens is 249 g/mol. The summed E-state index contributed by atoms with van der Waals surface area (Å²) in [6.45, 7) is 0.358. The molecule has 0 radical (unpaired) electrons. The highest BCUT2D eigenvalue weighted by Crippen LogP contribution is 2.28. The number of halogens is 3. The maximum absolute atomic E-state index is 12.4. The Morgan fingerprint density at radius 3 is 2.78 bits per heavy atom. The highest BCUT2D eigenvalue weighted by atomic mass is 19.4. The molecule has 0 fully saturated rings. The van der Waals surface area contributed by atoms with Crippen LogP contribution in [0.1, 0.15) is 11.6 Å². The predicted molar refractivity (Wildman–Crippen MR) is 55.7 cm³/mol. The average molecular weight is 258 g/mol. The highest BCUT2D eigenvalue weighted by Gasteiger charge is 2.32. The molecule has 0 spiro atoms. The van der Waals surface area contributed by atoms with E-state index in [2.05, 4.69) is 20.4 Å². The van der Waals surface area contributed by atoms with Gasteiger partial charge in [0.05, 0.1) is 0 Å². The molecule has 18 heavy (non-hydrogen) atoms. The number of pyridine rings is 1. The number of alkyl halides is 3. The molecule has 0 aliphatic carbocycles. The second kappa shape index (κ2) is 5.03. The Morgan fingerprint density at radius 1 is 1.28 bits per heavy atom. The van der Waals surface area contributed by atoms with E-state index in [0.29, 0.717) is 18.9 Å². The van der Waals surface area contributed by atoms with Crippen molar-refractivity contribution < 1.29 is 17.7 Å². The van der Waals surface area contributed by atoms with Gasteiger partial charge in [-0.05, 0) is 12.1 Å². The zero-order chi connectivity index (χ0) is 13.0. The fraction of sp³-hybridized carbons (Fsp3) is 0.300. The van der Waals surface area contributed by atoms with Gasteiger partial charge in [0.15, 0.2) is 6.33 Å². The van der Waals surface area contributed by atoms with Gasteiger partial charge in [-0.25, -0.2) is 4.98 Å². The quantitative estimate of drug-likeness (QED) is 0.910. The van der Waals surface area contributed by atoms with Crippen molar-refractivity contribution >= 4 is 5.82 Å². The Balaban J connectivity index is 1.93. The van der Waals surface area contributed by atoms with Crippen molar-refractivity contribution in [3.05, 3.63) is 36.1 Å². The molecule has 1 N–H and O–H groups in total. The van der Waals surface area contributed by atoms with Crippen molar-refractivity contribution in [3.8, 4) is 0 Å². The summed E-state index contributed by atoms with van der Waals surface area (Å²) in [4.78, 5) is 7.25. The van der Waals surface area contributed by atoms with Gasteiger partial charge >= 0.3 is 6.18 Å². The summed E-state index contributed by atoms with van der Waals surface area (Å²) in [5.41, 5.74) is -0.926. The minimum atomic E-state index is -4.44. The minimum absolute atomic E-state index is 0.157. The molecule has 0 amide bonds. The van der Waals surface area contributed by atoms with Crippen LogP contribution in [0.25, 0.3) is 0 Å². The van der Waals surface area contributed by atoms with Gasteiger partial charge in [-0.3, -0.25) is 0 Å². The van der Waals surface area contributed by atoms with Gasteiger partial charge in [0.25, 0.3) is 0 Å². The van der Waals surface area contributed by atoms with E-state index in [1.54, 1.807) is 0 Å². The van der Waals surface area contributed by atoms with Crippen molar-refractivity contribution in [1.29, 1.82) is 0 Å². The Morgan fingerprint density at radius 2 is 2.11 bits per heavy atom. The fourth-order valence-corrected chi connectivity index (χ4v) is 1.29. The van der Waals surface area contributed by atoms with Crippen LogP contribution in [0, 0.1) is 0 Å². The monoisotopic (exact) mass is 258 g/mol. The van der Waals surface area contributed by atoms with Gasteiger partial charge in [-0.15, -0.1) is 0 Å². The first-order valence-corrected chi connectivity index (χ1v) is 5.09. The molecule has 0 bridgehead atoms. The minimum Gasteiger partial charge on any atom is -0.370 e. The molecule has 2 aromatic heterocycles. The van der Waals surface area contributed by atoms with Crippen molar-refractivity contribution in [1.82, 2.24) is 15.1 Å². The standard InChI is InChI=1S/C10H9F3N4O/c11-10(12,13)7-2-1-3-8(17-7)14-5-4-9-15-6-16-18-9/h1-3,6H,4-5H2,(H,14,17). The number of aromatic nitrogens is 3. The molecule has 0 atom stereocenters. The second-order valence-electron chi connectivity index (χ2n) is 3.42. The number of hydrogen-bond donors (Lipinski definition) is 1. The molecule has 0 saturated carbocycles. The van der Waals surface area contributed by atoms with E-state index in [0.717, 1.165) is 6.07 Å². The number of nitrogens with one attached hydrogen (secondary N) is 1. The molecule has 0 unspecified atom stereocenters. The molecule has 96 valence electrons. The number of rotatable bonds is 4. The Hall–Kier alpha value is -2.12. The molecule has 2 rings (SSSR count). The van der Waals surface area contributed by atoms with Gasteiger partial charge in [0.1, 0.15) is 11.5 Å². The first kappa shape index (κ1) is 12.3. The Bertz CT molecular complexity index is 498. The maximum Gasteiger partial charge on any atom is 0.433 e. The van der Waals surface area contributed by atoms with Crippen LogP contribution in [0.4, 0.5) is 19.0 Å². The normalized spacial score (nSPS) is 11.5. The summed E-state index contributed by atoms with van der Waals surface area (Å²) < 4.78 is 41.9. The Labute approximate surface area is 100 Å². The van der Waals surface area contributed by atoms with Gasteiger partial charge in [0, 0.05) is 13.0 Å². The summed E-state index contributed by atoms with van der Waals surface area (Å²) in [6.07, 6.45) is -2.76. The summed E-state index contributed by atoms with van der Waals surface area (Å²) >= 11 is 0. The van der Waals surface area contributed by atoms with E-state index >= 15 is 0 Å². The Kier molecular flexibility index (Phi) is 3.45. The topological polar surface area (TPSA) is 63.8 Å². The lowest BCUT2D eigenvalue weighted by Gasteiger charge is -2.08. The van der Waals surface area contributed by atoms with Gasteiger partial charge in [0.2, 0.25) is 5.89 Å². The van der Waals surface area contributed by atoms with Crippen LogP contribution in [-0.2, 0) is 12.6 Å². The van der Waals surface area contributed by atoms with Crippen LogP contribution in [0.2, 0.25) is 0 Å². The van der Waals surface area contributed by atoms with Crippen LogP contribution in [0.5, 0.6) is 0 Å². The largest absolute Gasteiger partial charge is 0.433 e. The van der Waals surface area contributed by atoms with E-state index in [1.807, 2.05) is 0 Å². The number of anilines is 1. The van der Waals surface area contributed by atoms with Crippen LogP contribution < -0.4 is 5.32 Å². The number of nitrogens with zero attached hydrogens (tertiary/aromatic N) is 3. The van der Waals surface area contributed by atoms with Crippen LogP contribution in [0.15, 0.2) is 29.0 Å². The van der Waals surface area contributed by atoms with Crippen molar-refractivity contribution in [3.63, 3.8) is 0 Å². The third-order valence-corrected chi connectivity index (χ3v) is 2.09. The molecule has 0 saturated heterocycles. The summed E-state index contributed by atoms with van der Waals surface area (Å²) in [5, 5.41) is 6.17. The van der Waals surface area contributed by atoms with Gasteiger partial charge in [-0.2, -0.15) is 18.2 Å². The SMILES string of the molecule is FC(F)(F)c1cccc(NCCc2ncno2)n1. The molecule has 0 aliphatic heterocycles. The molecule has 2 heterocycles. The van der Waals surface area contributed by atoms with E-state index < -0.39 is 11.9 Å². The molecule has 8 heteroatoms. The highest BCUT2D eigenvalue weighted by molar-refractivity contribution is 5.35.